The number of ether oxygens (including phenoxy) is 1. The summed E-state index contributed by atoms with van der Waals surface area (Å²) in [5.41, 5.74) is 0.977. The molecule has 220 valence electrons. The summed E-state index contributed by atoms with van der Waals surface area (Å²) in [7, 11) is -4.30. The lowest BCUT2D eigenvalue weighted by Crippen LogP contribution is -2.52. The SMILES string of the molecule is CCOc1ccc(N(CC(=O)N(Cc2ccc(Br)cc2)[C@H](C)C(=O)N[C@H](C)CC)S(=O)(=O)c2ccc(F)cc2)cc1. The molecule has 0 aliphatic rings. The van der Waals surface area contributed by atoms with Crippen LogP contribution in [0.1, 0.15) is 39.7 Å². The average molecular weight is 649 g/mol. The molecule has 8 nitrogen and oxygen atoms in total. The van der Waals surface area contributed by atoms with Crippen molar-refractivity contribution < 1.29 is 27.1 Å². The van der Waals surface area contributed by atoms with E-state index < -0.39 is 34.3 Å². The Hall–Kier alpha value is -3.44. The Morgan fingerprint density at radius 1 is 0.951 bits per heavy atom. The number of rotatable bonds is 13. The van der Waals surface area contributed by atoms with Gasteiger partial charge in [-0.15, -0.1) is 0 Å². The molecule has 0 saturated heterocycles. The topological polar surface area (TPSA) is 96.0 Å². The molecule has 0 aliphatic heterocycles. The standard InChI is InChI=1S/C30H35BrFN3O5S/c1-5-21(3)33-30(37)22(4)34(19-23-7-9-24(31)10-8-23)29(36)20-35(26-13-15-27(16-14-26)40-6-2)41(38,39)28-17-11-25(32)12-18-28/h7-18,21-22H,5-6,19-20H2,1-4H3,(H,33,37)/t21-,22-/m1/s1. The number of carbonyl (C=O) groups excluding carboxylic acids is 2. The number of benzene rings is 3. The highest BCUT2D eigenvalue weighted by Gasteiger charge is 2.33. The zero-order valence-corrected chi connectivity index (χ0v) is 25.9. The van der Waals surface area contributed by atoms with E-state index in [2.05, 4.69) is 21.2 Å². The molecule has 41 heavy (non-hydrogen) atoms. The Labute approximate surface area is 249 Å². The monoisotopic (exact) mass is 647 g/mol. The minimum absolute atomic E-state index is 0.0783. The van der Waals surface area contributed by atoms with Gasteiger partial charge < -0.3 is 15.0 Å². The van der Waals surface area contributed by atoms with Crippen LogP contribution in [0.3, 0.4) is 0 Å². The van der Waals surface area contributed by atoms with Crippen molar-refractivity contribution in [3.8, 4) is 5.75 Å². The van der Waals surface area contributed by atoms with Crippen LogP contribution in [0.5, 0.6) is 5.75 Å². The van der Waals surface area contributed by atoms with E-state index >= 15 is 0 Å². The third kappa shape index (κ3) is 8.53. The van der Waals surface area contributed by atoms with E-state index in [0.29, 0.717) is 18.8 Å². The zero-order valence-electron chi connectivity index (χ0n) is 23.5. The second-order valence-electron chi connectivity index (χ2n) is 9.53. The number of halogens is 2. The number of sulfonamides is 1. The zero-order chi connectivity index (χ0) is 30.2. The van der Waals surface area contributed by atoms with Crippen molar-refractivity contribution in [3.63, 3.8) is 0 Å². The maximum Gasteiger partial charge on any atom is 0.264 e. The molecule has 2 atom stereocenters. The molecule has 0 aliphatic carbocycles. The van der Waals surface area contributed by atoms with Gasteiger partial charge in [0.25, 0.3) is 10.0 Å². The van der Waals surface area contributed by atoms with E-state index in [1.165, 1.54) is 17.0 Å². The van der Waals surface area contributed by atoms with Gasteiger partial charge >= 0.3 is 0 Å². The van der Waals surface area contributed by atoms with Gasteiger partial charge in [-0.2, -0.15) is 0 Å². The van der Waals surface area contributed by atoms with Crippen molar-refractivity contribution in [1.29, 1.82) is 0 Å². The maximum atomic E-state index is 13.9. The van der Waals surface area contributed by atoms with Gasteiger partial charge in [0.05, 0.1) is 17.2 Å². The number of hydrogen-bond acceptors (Lipinski definition) is 5. The molecule has 0 fully saturated rings. The highest BCUT2D eigenvalue weighted by Crippen LogP contribution is 2.27. The van der Waals surface area contributed by atoms with Crippen LogP contribution in [0, 0.1) is 5.82 Å². The van der Waals surface area contributed by atoms with E-state index in [4.69, 9.17) is 4.74 Å². The molecule has 2 amide bonds. The number of nitrogens with one attached hydrogen (secondary N) is 1. The van der Waals surface area contributed by atoms with Crippen LogP contribution < -0.4 is 14.4 Å². The van der Waals surface area contributed by atoms with Crippen LogP contribution in [-0.2, 0) is 26.2 Å². The molecule has 0 spiro atoms. The number of carbonyl (C=O) groups is 2. The summed E-state index contributed by atoms with van der Waals surface area (Å²) in [5, 5.41) is 2.90. The highest BCUT2D eigenvalue weighted by atomic mass is 79.9. The Kier molecular flexibility index (Phi) is 11.3. The summed E-state index contributed by atoms with van der Waals surface area (Å²) in [6.45, 7) is 7.17. The quantitative estimate of drug-likeness (QED) is 0.264. The van der Waals surface area contributed by atoms with Crippen molar-refractivity contribution in [3.05, 3.63) is 88.6 Å². The van der Waals surface area contributed by atoms with Gasteiger partial charge in [0.1, 0.15) is 24.2 Å². The van der Waals surface area contributed by atoms with Crippen LogP contribution in [-0.4, -0.2) is 50.4 Å². The second kappa shape index (κ2) is 14.5. The largest absolute Gasteiger partial charge is 0.494 e. The molecular weight excluding hydrogens is 613 g/mol. The molecule has 1 N–H and O–H groups in total. The van der Waals surface area contributed by atoms with Crippen LogP contribution >= 0.6 is 15.9 Å². The fourth-order valence-electron chi connectivity index (χ4n) is 3.97. The van der Waals surface area contributed by atoms with E-state index in [1.54, 1.807) is 19.1 Å². The number of hydrogen-bond donors (Lipinski definition) is 1. The minimum Gasteiger partial charge on any atom is -0.494 e. The number of anilines is 1. The first-order valence-corrected chi connectivity index (χ1v) is 15.5. The molecule has 3 aromatic carbocycles. The van der Waals surface area contributed by atoms with Gasteiger partial charge in [-0.3, -0.25) is 13.9 Å². The van der Waals surface area contributed by atoms with E-state index in [9.17, 15) is 22.4 Å². The summed E-state index contributed by atoms with van der Waals surface area (Å²) >= 11 is 3.40. The Bertz CT molecular complexity index is 1420. The third-order valence-corrected chi connectivity index (χ3v) is 8.87. The van der Waals surface area contributed by atoms with Crippen molar-refractivity contribution in [1.82, 2.24) is 10.2 Å². The number of amides is 2. The Balaban J connectivity index is 2.02. The van der Waals surface area contributed by atoms with Crippen molar-refractivity contribution >= 4 is 43.5 Å². The molecule has 0 unspecified atom stereocenters. The summed E-state index contributed by atoms with van der Waals surface area (Å²) in [4.78, 5) is 28.2. The first kappa shape index (κ1) is 32.1. The molecular formula is C30H35BrFN3O5S. The molecule has 11 heteroatoms. The normalized spacial score (nSPS) is 12.7. The summed E-state index contributed by atoms with van der Waals surface area (Å²) < 4.78 is 48.6. The average Bonchev–Trinajstić information content (AvgIpc) is 2.95. The van der Waals surface area contributed by atoms with Gasteiger partial charge in [-0.1, -0.05) is 35.0 Å². The minimum atomic E-state index is -4.30. The van der Waals surface area contributed by atoms with E-state index in [1.807, 2.05) is 45.0 Å². The molecule has 3 aromatic rings. The summed E-state index contributed by atoms with van der Waals surface area (Å²) in [6, 6.07) is 17.0. The lowest BCUT2D eigenvalue weighted by molar-refractivity contribution is -0.139. The van der Waals surface area contributed by atoms with Gasteiger partial charge in [0.15, 0.2) is 0 Å². The fraction of sp³-hybridized carbons (Fsp3) is 0.333. The van der Waals surface area contributed by atoms with E-state index in [-0.39, 0.29) is 29.1 Å². The maximum absolute atomic E-state index is 13.9. The van der Waals surface area contributed by atoms with Crippen LogP contribution in [0.25, 0.3) is 0 Å². The molecule has 0 aromatic heterocycles. The fourth-order valence-corrected chi connectivity index (χ4v) is 5.65. The van der Waals surface area contributed by atoms with Gasteiger partial charge in [-0.25, -0.2) is 12.8 Å². The predicted octanol–water partition coefficient (Wildman–Crippen LogP) is 5.51. The predicted molar refractivity (Wildman–Crippen MR) is 161 cm³/mol. The van der Waals surface area contributed by atoms with Crippen molar-refractivity contribution in [2.75, 3.05) is 17.5 Å². The lowest BCUT2D eigenvalue weighted by atomic mass is 10.1. The van der Waals surface area contributed by atoms with E-state index in [0.717, 1.165) is 38.6 Å². The van der Waals surface area contributed by atoms with Gasteiger partial charge in [0.2, 0.25) is 11.8 Å². The smallest absolute Gasteiger partial charge is 0.264 e. The van der Waals surface area contributed by atoms with Crippen LogP contribution in [0.4, 0.5) is 10.1 Å². The molecule has 0 heterocycles. The summed E-state index contributed by atoms with van der Waals surface area (Å²) in [5.74, 6) is -0.985. The first-order chi connectivity index (χ1) is 19.5. The van der Waals surface area contributed by atoms with Gasteiger partial charge in [0, 0.05) is 17.1 Å². The first-order valence-electron chi connectivity index (χ1n) is 13.3. The third-order valence-electron chi connectivity index (χ3n) is 6.55. The Morgan fingerprint density at radius 2 is 1.56 bits per heavy atom. The van der Waals surface area contributed by atoms with Crippen molar-refractivity contribution in [2.24, 2.45) is 0 Å². The molecule has 0 saturated carbocycles. The molecule has 3 rings (SSSR count). The molecule has 0 bridgehead atoms. The summed E-state index contributed by atoms with van der Waals surface area (Å²) in [6.07, 6.45) is 0.709. The van der Waals surface area contributed by atoms with Gasteiger partial charge in [-0.05, 0) is 93.4 Å². The number of nitrogens with zero attached hydrogens (tertiary/aromatic N) is 2. The lowest BCUT2D eigenvalue weighted by Gasteiger charge is -2.32. The van der Waals surface area contributed by atoms with Crippen LogP contribution in [0.2, 0.25) is 0 Å². The highest BCUT2D eigenvalue weighted by molar-refractivity contribution is 9.10. The Morgan fingerprint density at radius 3 is 2.12 bits per heavy atom. The molecule has 0 radical (unpaired) electrons. The van der Waals surface area contributed by atoms with Crippen molar-refractivity contribution in [2.45, 2.75) is 57.6 Å². The second-order valence-corrected chi connectivity index (χ2v) is 12.3. The van der Waals surface area contributed by atoms with Crippen LogP contribution in [0.15, 0.2) is 82.2 Å².